The van der Waals surface area contributed by atoms with Crippen LogP contribution in [0.3, 0.4) is 0 Å². The van der Waals surface area contributed by atoms with Gasteiger partial charge in [0.05, 0.1) is 11.1 Å². The van der Waals surface area contributed by atoms with E-state index in [0.29, 0.717) is 21.5 Å². The first-order valence-electron chi connectivity index (χ1n) is 23.6. The molecule has 334 valence electrons. The van der Waals surface area contributed by atoms with Crippen LogP contribution in [0, 0.1) is 35.1 Å². The van der Waals surface area contributed by atoms with E-state index in [2.05, 4.69) is 36.4 Å². The van der Waals surface area contributed by atoms with E-state index >= 15 is 0 Å². The van der Waals surface area contributed by atoms with E-state index in [9.17, 15) is 36.7 Å². The summed E-state index contributed by atoms with van der Waals surface area (Å²) in [4.78, 5) is 59.4. The molecule has 2 saturated carbocycles. The van der Waals surface area contributed by atoms with Crippen molar-refractivity contribution in [1.82, 2.24) is 0 Å². The molecule has 14 rings (SSSR count). The van der Waals surface area contributed by atoms with Crippen LogP contribution in [0.15, 0.2) is 107 Å². The summed E-state index contributed by atoms with van der Waals surface area (Å²) in [6, 6.07) is 14.6. The van der Waals surface area contributed by atoms with Gasteiger partial charge in [-0.05, 0) is 153 Å². The molecule has 2 spiro atoms. The molecule has 0 radical (unpaired) electrons. The van der Waals surface area contributed by atoms with Crippen LogP contribution in [0.5, 0.6) is 0 Å². The summed E-state index contributed by atoms with van der Waals surface area (Å²) in [5, 5.41) is 1.46. The summed E-state index contributed by atoms with van der Waals surface area (Å²) >= 11 is 3.26. The Bertz CT molecular complexity index is 3300. The van der Waals surface area contributed by atoms with Gasteiger partial charge < -0.3 is 0 Å². The highest BCUT2D eigenvalue weighted by Crippen LogP contribution is 2.65. The average Bonchev–Trinajstić information content (AvgIpc) is 4.15. The topological polar surface area (TPSA) is 68.3 Å². The first-order chi connectivity index (χ1) is 32.9. The van der Waals surface area contributed by atoms with E-state index in [-0.39, 0.29) is 56.1 Å². The van der Waals surface area contributed by atoms with E-state index in [1.165, 1.54) is 67.4 Å². The molecule has 4 aromatic carbocycles. The van der Waals surface area contributed by atoms with Crippen molar-refractivity contribution in [3.8, 4) is 0 Å². The minimum Gasteiger partial charge on any atom is -0.288 e. The number of Topliss-reactive ketones (excluding diaryl/α,β-unsaturated/α-hetero) is 4. The van der Waals surface area contributed by atoms with E-state index in [4.69, 9.17) is 0 Å². The van der Waals surface area contributed by atoms with Crippen molar-refractivity contribution >= 4 is 90.6 Å². The van der Waals surface area contributed by atoms with Crippen LogP contribution in [0.25, 0.3) is 44.8 Å². The lowest BCUT2D eigenvalue weighted by Gasteiger charge is -2.40. The molecule has 2 aromatic heterocycles. The molecule has 0 bridgehead atoms. The van der Waals surface area contributed by atoms with Crippen molar-refractivity contribution in [2.75, 3.05) is 0 Å². The van der Waals surface area contributed by atoms with Crippen LogP contribution in [0.1, 0.15) is 136 Å². The average molecular weight is 939 g/mol. The normalized spacial score (nSPS) is 22.5. The fraction of sp³-hybridized carbons (Fsp3) is 0.241. The fourth-order valence-electron chi connectivity index (χ4n) is 13.3. The number of allylic oxidation sites excluding steroid dienone is 10. The molecule has 2 atom stereocenters. The maximum Gasteiger partial charge on any atom is 0.197 e. The number of thiophene rings is 2. The standard InChI is InChI=1S/C58H38F4O4S2/c59-47-19-29-11-35-36(12-30(29)20-48(47)60)52(64)41(51(35)63)23-33-25-45-55(67-33)39-15-28-18-44-40(16-27(28)17-43(39)57(45)7-3-1-4-8-57)56-46(58(44)9-5-2-6-10-58)26-34(68-56)24-42-53(65)37-13-31-21-49(61)50(62)22-32(31)14-38(37)54(42)66/h11-28H,1-10H2. The number of hydrogen-bond acceptors (Lipinski definition) is 6. The lowest BCUT2D eigenvalue weighted by Crippen LogP contribution is -2.31. The van der Waals surface area contributed by atoms with Crippen molar-refractivity contribution in [2.24, 2.45) is 11.8 Å². The monoisotopic (exact) mass is 938 g/mol. The molecule has 10 heteroatoms. The zero-order valence-electron chi connectivity index (χ0n) is 36.4. The highest BCUT2D eigenvalue weighted by atomic mass is 32.1. The van der Waals surface area contributed by atoms with Crippen molar-refractivity contribution in [3.63, 3.8) is 0 Å². The molecule has 4 nitrogen and oxygen atoms in total. The zero-order valence-corrected chi connectivity index (χ0v) is 38.1. The zero-order chi connectivity index (χ0) is 46.1. The third-order valence-corrected chi connectivity index (χ3v) is 18.7. The molecule has 2 fully saturated rings. The quantitative estimate of drug-likeness (QED) is 0.0985. The second kappa shape index (κ2) is 14.1. The van der Waals surface area contributed by atoms with Gasteiger partial charge in [0.1, 0.15) is 0 Å². The maximum atomic E-state index is 14.1. The molecule has 8 aliphatic rings. The van der Waals surface area contributed by atoms with Gasteiger partial charge in [0.25, 0.3) is 0 Å². The summed E-state index contributed by atoms with van der Waals surface area (Å²) in [6.45, 7) is 0. The summed E-state index contributed by atoms with van der Waals surface area (Å²) in [5.41, 5.74) is 8.40. The Labute approximate surface area is 395 Å². The largest absolute Gasteiger partial charge is 0.288 e. The molecule has 0 aliphatic heterocycles. The smallest absolute Gasteiger partial charge is 0.197 e. The maximum absolute atomic E-state index is 14.1. The lowest BCUT2D eigenvalue weighted by atomic mass is 9.63. The first kappa shape index (κ1) is 40.7. The van der Waals surface area contributed by atoms with Crippen LogP contribution in [0.4, 0.5) is 17.6 Å². The van der Waals surface area contributed by atoms with Gasteiger partial charge in [0.15, 0.2) is 46.4 Å². The molecule has 0 amide bonds. The predicted octanol–water partition coefficient (Wildman–Crippen LogP) is 14.6. The van der Waals surface area contributed by atoms with Crippen LogP contribution in [-0.4, -0.2) is 23.1 Å². The molecule has 68 heavy (non-hydrogen) atoms. The van der Waals surface area contributed by atoms with Gasteiger partial charge in [-0.25, -0.2) is 17.6 Å². The minimum atomic E-state index is -1.01. The number of carbonyl (C=O) groups excluding carboxylic acids is 4. The Hall–Kier alpha value is -6.36. The molecule has 2 unspecified atom stereocenters. The van der Waals surface area contributed by atoms with Gasteiger partial charge in [-0.2, -0.15) is 0 Å². The van der Waals surface area contributed by atoms with Crippen molar-refractivity contribution in [3.05, 3.63) is 183 Å². The number of carbonyl (C=O) groups is 4. The van der Waals surface area contributed by atoms with Gasteiger partial charge in [-0.15, -0.1) is 22.7 Å². The summed E-state index contributed by atoms with van der Waals surface area (Å²) in [7, 11) is 0. The van der Waals surface area contributed by atoms with Crippen molar-refractivity contribution in [1.29, 1.82) is 0 Å². The number of ketones is 4. The molecule has 2 heterocycles. The van der Waals surface area contributed by atoms with Crippen LogP contribution in [-0.2, 0) is 10.8 Å². The fourth-order valence-corrected chi connectivity index (χ4v) is 15.8. The Morgan fingerprint density at radius 1 is 0.426 bits per heavy atom. The van der Waals surface area contributed by atoms with E-state index < -0.39 is 46.4 Å². The van der Waals surface area contributed by atoms with E-state index in [1.807, 2.05) is 0 Å². The number of fused-ring (bicyclic) bond motifs is 15. The van der Waals surface area contributed by atoms with Crippen molar-refractivity contribution < 1.29 is 36.7 Å². The van der Waals surface area contributed by atoms with Crippen LogP contribution in [0.2, 0.25) is 0 Å². The number of rotatable bonds is 2. The molecule has 0 N–H and O–H groups in total. The molecular weight excluding hydrogens is 901 g/mol. The summed E-state index contributed by atoms with van der Waals surface area (Å²) in [5.74, 6) is -5.40. The number of benzene rings is 4. The third-order valence-electron chi connectivity index (χ3n) is 16.5. The Balaban J connectivity index is 0.829. The Morgan fingerprint density at radius 3 is 1.07 bits per heavy atom. The second-order valence-corrected chi connectivity index (χ2v) is 22.2. The van der Waals surface area contributed by atoms with Gasteiger partial charge >= 0.3 is 0 Å². The molecule has 6 aromatic rings. The Morgan fingerprint density at radius 2 is 0.750 bits per heavy atom. The highest BCUT2D eigenvalue weighted by Gasteiger charge is 2.52. The van der Waals surface area contributed by atoms with Crippen molar-refractivity contribution in [2.45, 2.75) is 75.0 Å². The second-order valence-electron chi connectivity index (χ2n) is 20.0. The lowest BCUT2D eigenvalue weighted by molar-refractivity contribution is 0.0975. The van der Waals surface area contributed by atoms with E-state index in [1.54, 1.807) is 34.8 Å². The van der Waals surface area contributed by atoms with Crippen LogP contribution < -0.4 is 0 Å². The van der Waals surface area contributed by atoms with Gasteiger partial charge in [0, 0.05) is 64.4 Å². The predicted molar refractivity (Wildman–Crippen MR) is 258 cm³/mol. The molecular formula is C58H38F4O4S2. The van der Waals surface area contributed by atoms with Gasteiger partial charge in [-0.1, -0.05) is 62.8 Å². The third kappa shape index (κ3) is 5.47. The van der Waals surface area contributed by atoms with Gasteiger partial charge in [0.2, 0.25) is 0 Å². The SMILES string of the molecule is O=C1C(=Cc2cc3c(s2)C2=CC4C=C5C(=CC4C=C2C32CCCCC2)c2sc(C=C3C(=O)c4cc6cc(F)c(F)cc6cc4C3=O)cc2C52CCCCC2)C(=O)c2cc3cc(F)c(F)cc3cc21. The van der Waals surface area contributed by atoms with Crippen LogP contribution >= 0.6 is 22.7 Å². The molecule has 0 saturated heterocycles. The number of halogens is 4. The first-order valence-corrected chi connectivity index (χ1v) is 25.2. The van der Waals surface area contributed by atoms with Gasteiger partial charge in [-0.3, -0.25) is 19.2 Å². The summed E-state index contributed by atoms with van der Waals surface area (Å²) < 4.78 is 56.6. The Kier molecular flexibility index (Phi) is 8.44. The number of hydrogen-bond donors (Lipinski definition) is 0. The molecule has 8 aliphatic carbocycles. The highest BCUT2D eigenvalue weighted by molar-refractivity contribution is 7.15. The summed E-state index contributed by atoms with van der Waals surface area (Å²) in [6.07, 6.45) is 24.2. The minimum absolute atomic E-state index is 0.0682. The van der Waals surface area contributed by atoms with E-state index in [0.717, 1.165) is 98.2 Å².